The molecule has 0 unspecified atom stereocenters. The Morgan fingerprint density at radius 2 is 2.03 bits per heavy atom. The fourth-order valence-electron chi connectivity index (χ4n) is 2.69. The van der Waals surface area contributed by atoms with Crippen molar-refractivity contribution in [1.29, 1.82) is 0 Å². The molecule has 10 heteroatoms. The highest BCUT2D eigenvalue weighted by Crippen LogP contribution is 2.21. The number of likely N-dealkylation sites (N-methyl/N-ethyl adjacent to an activating group) is 1. The lowest BCUT2D eigenvalue weighted by Crippen LogP contribution is -2.28. The molecule has 0 aliphatic rings. The van der Waals surface area contributed by atoms with Gasteiger partial charge in [0.05, 0.1) is 23.7 Å². The van der Waals surface area contributed by atoms with Crippen LogP contribution in [0.5, 0.6) is 0 Å². The standard InChI is InChI=1S/C20H18ClN7OS/c1-28(11-17-24-19(27-26-17)13-5-3-2-4-6-13)18(29)9-15-12-30-20(23-15)25-16-8-7-14(21)10-22-16/h2-8,10,12H,9,11H2,1H3,(H,22,23,25)(H,24,26,27). The van der Waals surface area contributed by atoms with E-state index in [1.165, 1.54) is 11.3 Å². The molecule has 1 aromatic carbocycles. The Morgan fingerprint density at radius 3 is 2.80 bits per heavy atom. The molecule has 4 rings (SSSR count). The second kappa shape index (κ2) is 9.02. The highest BCUT2D eigenvalue weighted by molar-refractivity contribution is 7.13. The zero-order valence-corrected chi connectivity index (χ0v) is 17.6. The van der Waals surface area contributed by atoms with E-state index < -0.39 is 0 Å². The van der Waals surface area contributed by atoms with Crippen molar-refractivity contribution in [3.63, 3.8) is 0 Å². The Kier molecular flexibility index (Phi) is 6.01. The number of aromatic nitrogens is 5. The molecule has 0 spiro atoms. The summed E-state index contributed by atoms with van der Waals surface area (Å²) in [5.41, 5.74) is 1.61. The van der Waals surface area contributed by atoms with Gasteiger partial charge in [0.25, 0.3) is 0 Å². The SMILES string of the molecule is CN(Cc1nc(-c2ccccc2)n[nH]1)C(=O)Cc1csc(Nc2ccc(Cl)cn2)n1. The number of hydrogen-bond donors (Lipinski definition) is 2. The van der Waals surface area contributed by atoms with Crippen LogP contribution in [-0.2, 0) is 17.8 Å². The molecule has 152 valence electrons. The molecule has 0 fully saturated rings. The van der Waals surface area contributed by atoms with Gasteiger partial charge >= 0.3 is 0 Å². The lowest BCUT2D eigenvalue weighted by atomic mass is 10.2. The third-order valence-electron chi connectivity index (χ3n) is 4.22. The topological polar surface area (TPSA) is 99.7 Å². The maximum atomic E-state index is 12.6. The number of carbonyl (C=O) groups is 1. The average molecular weight is 440 g/mol. The first-order chi connectivity index (χ1) is 14.6. The number of pyridine rings is 1. The van der Waals surface area contributed by atoms with E-state index in [2.05, 4.69) is 30.5 Å². The largest absolute Gasteiger partial charge is 0.338 e. The van der Waals surface area contributed by atoms with Crippen molar-refractivity contribution in [3.05, 3.63) is 70.6 Å². The molecule has 0 radical (unpaired) electrons. The summed E-state index contributed by atoms with van der Waals surface area (Å²) in [5.74, 6) is 1.81. The fraction of sp³-hybridized carbons (Fsp3) is 0.150. The number of nitrogens with zero attached hydrogens (tertiary/aromatic N) is 5. The average Bonchev–Trinajstić information content (AvgIpc) is 3.40. The van der Waals surface area contributed by atoms with Crippen LogP contribution in [0.1, 0.15) is 11.5 Å². The predicted molar refractivity (Wildman–Crippen MR) is 117 cm³/mol. The Labute approximate surface area is 182 Å². The van der Waals surface area contributed by atoms with E-state index in [4.69, 9.17) is 11.6 Å². The molecule has 0 aliphatic carbocycles. The molecule has 0 saturated carbocycles. The number of benzene rings is 1. The molecule has 0 bridgehead atoms. The van der Waals surface area contributed by atoms with Crippen LogP contribution in [0.25, 0.3) is 11.4 Å². The van der Waals surface area contributed by atoms with E-state index in [1.54, 1.807) is 30.3 Å². The summed E-state index contributed by atoms with van der Waals surface area (Å²) < 4.78 is 0. The molecule has 0 atom stereocenters. The van der Waals surface area contributed by atoms with Gasteiger partial charge in [-0.15, -0.1) is 11.3 Å². The van der Waals surface area contributed by atoms with Gasteiger partial charge in [0.15, 0.2) is 11.0 Å². The van der Waals surface area contributed by atoms with Crippen molar-refractivity contribution < 1.29 is 4.79 Å². The van der Waals surface area contributed by atoms with Crippen molar-refractivity contribution in [1.82, 2.24) is 30.0 Å². The minimum absolute atomic E-state index is 0.0610. The van der Waals surface area contributed by atoms with Crippen LogP contribution in [0.15, 0.2) is 54.0 Å². The Bertz CT molecular complexity index is 1130. The lowest BCUT2D eigenvalue weighted by Gasteiger charge is -2.14. The van der Waals surface area contributed by atoms with Gasteiger partial charge in [0.2, 0.25) is 5.91 Å². The van der Waals surface area contributed by atoms with Crippen molar-refractivity contribution in [2.45, 2.75) is 13.0 Å². The Morgan fingerprint density at radius 1 is 1.20 bits per heavy atom. The monoisotopic (exact) mass is 439 g/mol. The third-order valence-corrected chi connectivity index (χ3v) is 5.25. The number of thiazole rings is 1. The number of rotatable bonds is 7. The molecule has 3 heterocycles. The minimum atomic E-state index is -0.0610. The normalized spacial score (nSPS) is 10.7. The summed E-state index contributed by atoms with van der Waals surface area (Å²) in [5, 5.41) is 13.3. The van der Waals surface area contributed by atoms with Crippen LogP contribution in [0.3, 0.4) is 0 Å². The van der Waals surface area contributed by atoms with Gasteiger partial charge in [-0.25, -0.2) is 15.0 Å². The summed E-state index contributed by atoms with van der Waals surface area (Å²) in [7, 11) is 1.73. The van der Waals surface area contributed by atoms with Crippen LogP contribution in [0.2, 0.25) is 5.02 Å². The number of aromatic amines is 1. The summed E-state index contributed by atoms with van der Waals surface area (Å²) in [6.07, 6.45) is 1.76. The number of H-pyrrole nitrogens is 1. The van der Waals surface area contributed by atoms with Gasteiger partial charge in [0, 0.05) is 24.2 Å². The van der Waals surface area contributed by atoms with Crippen LogP contribution in [0.4, 0.5) is 10.9 Å². The van der Waals surface area contributed by atoms with Crippen LogP contribution in [0, 0.1) is 0 Å². The third kappa shape index (κ3) is 5.00. The molecule has 8 nitrogen and oxygen atoms in total. The number of hydrogen-bond acceptors (Lipinski definition) is 7. The summed E-state index contributed by atoms with van der Waals surface area (Å²) in [4.78, 5) is 27.3. The van der Waals surface area contributed by atoms with Gasteiger partial charge in [0.1, 0.15) is 11.6 Å². The van der Waals surface area contributed by atoms with Gasteiger partial charge in [-0.2, -0.15) is 5.10 Å². The molecule has 0 aliphatic heterocycles. The van der Waals surface area contributed by atoms with E-state index in [0.29, 0.717) is 39.9 Å². The second-order valence-electron chi connectivity index (χ2n) is 6.53. The molecule has 3 aromatic heterocycles. The minimum Gasteiger partial charge on any atom is -0.338 e. The maximum absolute atomic E-state index is 12.6. The van der Waals surface area contributed by atoms with E-state index >= 15 is 0 Å². The van der Waals surface area contributed by atoms with Gasteiger partial charge < -0.3 is 10.2 Å². The first-order valence-corrected chi connectivity index (χ1v) is 10.4. The highest BCUT2D eigenvalue weighted by Gasteiger charge is 2.15. The Balaban J connectivity index is 1.33. The number of nitrogens with one attached hydrogen (secondary N) is 2. The fourth-order valence-corrected chi connectivity index (χ4v) is 3.52. The Hall–Kier alpha value is -3.30. The van der Waals surface area contributed by atoms with Crippen molar-refractivity contribution in [3.8, 4) is 11.4 Å². The maximum Gasteiger partial charge on any atom is 0.228 e. The van der Waals surface area contributed by atoms with Gasteiger partial charge in [-0.05, 0) is 12.1 Å². The second-order valence-corrected chi connectivity index (χ2v) is 7.82. The smallest absolute Gasteiger partial charge is 0.228 e. The molecule has 4 aromatic rings. The molecule has 2 N–H and O–H groups in total. The van der Waals surface area contributed by atoms with E-state index in [-0.39, 0.29) is 12.3 Å². The van der Waals surface area contributed by atoms with E-state index in [0.717, 1.165) is 5.56 Å². The molecular formula is C20H18ClN7OS. The summed E-state index contributed by atoms with van der Waals surface area (Å²) >= 11 is 7.25. The number of carbonyl (C=O) groups excluding carboxylic acids is 1. The van der Waals surface area contributed by atoms with Crippen LogP contribution < -0.4 is 5.32 Å². The lowest BCUT2D eigenvalue weighted by molar-refractivity contribution is -0.129. The quantitative estimate of drug-likeness (QED) is 0.452. The predicted octanol–water partition coefficient (Wildman–Crippen LogP) is 3.92. The summed E-state index contributed by atoms with van der Waals surface area (Å²) in [6, 6.07) is 13.2. The molecule has 30 heavy (non-hydrogen) atoms. The number of halogens is 1. The first kappa shape index (κ1) is 20.0. The zero-order valence-electron chi connectivity index (χ0n) is 16.0. The van der Waals surface area contributed by atoms with Gasteiger partial charge in [-0.1, -0.05) is 41.9 Å². The van der Waals surface area contributed by atoms with Crippen LogP contribution >= 0.6 is 22.9 Å². The zero-order chi connectivity index (χ0) is 20.9. The summed E-state index contributed by atoms with van der Waals surface area (Å²) in [6.45, 7) is 0.336. The number of anilines is 2. The molecule has 0 saturated heterocycles. The molecule has 1 amide bonds. The highest BCUT2D eigenvalue weighted by atomic mass is 35.5. The van der Waals surface area contributed by atoms with Crippen molar-refractivity contribution in [2.24, 2.45) is 0 Å². The number of amides is 1. The van der Waals surface area contributed by atoms with E-state index in [1.807, 2.05) is 35.7 Å². The van der Waals surface area contributed by atoms with E-state index in [9.17, 15) is 4.79 Å². The molecular weight excluding hydrogens is 422 g/mol. The van der Waals surface area contributed by atoms with Crippen molar-refractivity contribution >= 4 is 39.8 Å². The first-order valence-electron chi connectivity index (χ1n) is 9.10. The van der Waals surface area contributed by atoms with Crippen LogP contribution in [-0.4, -0.2) is 43.0 Å². The van der Waals surface area contributed by atoms with Gasteiger partial charge in [-0.3, -0.25) is 9.89 Å². The van der Waals surface area contributed by atoms with Crippen molar-refractivity contribution in [2.75, 3.05) is 12.4 Å².